The highest BCUT2D eigenvalue weighted by Crippen LogP contribution is 2.06. The first-order chi connectivity index (χ1) is 7.47. The molecule has 88 valence electrons. The number of rotatable bonds is 3. The van der Waals surface area contributed by atoms with Crippen LogP contribution in [0.3, 0.4) is 0 Å². The van der Waals surface area contributed by atoms with Gasteiger partial charge in [-0.25, -0.2) is 4.79 Å². The number of ether oxygens (including phenoxy) is 1. The van der Waals surface area contributed by atoms with Gasteiger partial charge in [-0.15, -0.1) is 0 Å². The van der Waals surface area contributed by atoms with Crippen molar-refractivity contribution in [1.82, 2.24) is 5.32 Å². The van der Waals surface area contributed by atoms with Crippen LogP contribution in [-0.4, -0.2) is 18.2 Å². The number of furan rings is 1. The monoisotopic (exact) mass is 223 g/mol. The van der Waals surface area contributed by atoms with Crippen LogP contribution in [-0.2, 0) is 4.74 Å². The molecule has 0 aliphatic rings. The molecule has 1 rings (SSSR count). The largest absolute Gasteiger partial charge is 0.465 e. The molecule has 0 bridgehead atoms. The number of hydrogen-bond acceptors (Lipinski definition) is 3. The Morgan fingerprint density at radius 2 is 2.31 bits per heavy atom. The molecule has 0 aliphatic heterocycles. The third-order valence-electron chi connectivity index (χ3n) is 1.59. The van der Waals surface area contributed by atoms with Crippen molar-refractivity contribution in [3.05, 3.63) is 30.2 Å². The first-order valence-corrected chi connectivity index (χ1v) is 5.14. The predicted octanol–water partition coefficient (Wildman–Crippen LogP) is 2.82. The zero-order valence-electron chi connectivity index (χ0n) is 9.82. The highest BCUT2D eigenvalue weighted by Gasteiger charge is 2.14. The van der Waals surface area contributed by atoms with E-state index in [2.05, 4.69) is 5.32 Å². The minimum Gasteiger partial charge on any atom is -0.465 e. The summed E-state index contributed by atoms with van der Waals surface area (Å²) in [7, 11) is 0. The molecule has 0 fully saturated rings. The highest BCUT2D eigenvalue weighted by molar-refractivity contribution is 5.68. The summed E-state index contributed by atoms with van der Waals surface area (Å²) in [5.41, 5.74) is -0.463. The highest BCUT2D eigenvalue weighted by atomic mass is 16.6. The number of carbonyl (C=O) groups excluding carboxylic acids is 1. The quantitative estimate of drug-likeness (QED) is 0.857. The third kappa shape index (κ3) is 5.24. The van der Waals surface area contributed by atoms with Gasteiger partial charge in [-0.1, -0.05) is 6.08 Å². The topological polar surface area (TPSA) is 51.5 Å². The maximum absolute atomic E-state index is 11.2. The summed E-state index contributed by atoms with van der Waals surface area (Å²) < 4.78 is 10.2. The molecule has 0 saturated carbocycles. The van der Waals surface area contributed by atoms with E-state index in [1.165, 1.54) is 0 Å². The summed E-state index contributed by atoms with van der Waals surface area (Å²) in [6.45, 7) is 5.89. The molecule has 0 saturated heterocycles. The predicted molar refractivity (Wildman–Crippen MR) is 62.0 cm³/mol. The van der Waals surface area contributed by atoms with Gasteiger partial charge >= 0.3 is 6.09 Å². The Morgan fingerprint density at radius 1 is 1.56 bits per heavy atom. The zero-order chi connectivity index (χ0) is 12.0. The van der Waals surface area contributed by atoms with Gasteiger partial charge in [-0.05, 0) is 39.0 Å². The Kier molecular flexibility index (Phi) is 4.17. The molecular formula is C12H17NO3. The normalized spacial score (nSPS) is 11.7. The smallest absolute Gasteiger partial charge is 0.407 e. The first-order valence-electron chi connectivity index (χ1n) is 5.14. The number of amides is 1. The van der Waals surface area contributed by atoms with E-state index in [1.54, 1.807) is 24.5 Å². The maximum Gasteiger partial charge on any atom is 0.407 e. The van der Waals surface area contributed by atoms with Gasteiger partial charge in [0.1, 0.15) is 11.4 Å². The molecule has 16 heavy (non-hydrogen) atoms. The van der Waals surface area contributed by atoms with Crippen molar-refractivity contribution >= 4 is 12.2 Å². The fourth-order valence-corrected chi connectivity index (χ4v) is 1.02. The van der Waals surface area contributed by atoms with Crippen LogP contribution in [0, 0.1) is 0 Å². The van der Waals surface area contributed by atoms with E-state index in [-0.39, 0.29) is 0 Å². The molecule has 1 amide bonds. The van der Waals surface area contributed by atoms with Gasteiger partial charge < -0.3 is 14.5 Å². The van der Waals surface area contributed by atoms with Crippen LogP contribution in [0.4, 0.5) is 4.79 Å². The molecular weight excluding hydrogens is 206 g/mol. The molecule has 0 atom stereocenters. The van der Waals surface area contributed by atoms with E-state index in [0.29, 0.717) is 6.54 Å². The average molecular weight is 223 g/mol. The summed E-state index contributed by atoms with van der Waals surface area (Å²) in [5, 5.41) is 2.61. The van der Waals surface area contributed by atoms with Gasteiger partial charge in [-0.2, -0.15) is 0 Å². The van der Waals surface area contributed by atoms with Crippen LogP contribution in [0.15, 0.2) is 28.9 Å². The lowest BCUT2D eigenvalue weighted by atomic mass is 10.2. The van der Waals surface area contributed by atoms with Crippen molar-refractivity contribution in [2.75, 3.05) is 6.54 Å². The average Bonchev–Trinajstić information content (AvgIpc) is 2.62. The van der Waals surface area contributed by atoms with Crippen LogP contribution in [0.25, 0.3) is 6.08 Å². The van der Waals surface area contributed by atoms with Gasteiger partial charge in [0.05, 0.1) is 6.26 Å². The van der Waals surface area contributed by atoms with Crippen LogP contribution in [0.5, 0.6) is 0 Å². The second-order valence-electron chi connectivity index (χ2n) is 4.30. The van der Waals surface area contributed by atoms with E-state index in [4.69, 9.17) is 9.15 Å². The van der Waals surface area contributed by atoms with E-state index >= 15 is 0 Å². The zero-order valence-corrected chi connectivity index (χ0v) is 9.82. The van der Waals surface area contributed by atoms with E-state index < -0.39 is 11.7 Å². The van der Waals surface area contributed by atoms with Crippen LogP contribution < -0.4 is 5.32 Å². The molecule has 1 aromatic heterocycles. The van der Waals surface area contributed by atoms with Gasteiger partial charge in [-0.3, -0.25) is 0 Å². The van der Waals surface area contributed by atoms with Gasteiger partial charge in [0.2, 0.25) is 0 Å². The summed E-state index contributed by atoms with van der Waals surface area (Å²) in [6.07, 6.45) is 4.76. The number of hydrogen-bond donors (Lipinski definition) is 1. The Morgan fingerprint density at radius 3 is 2.88 bits per heavy atom. The number of carbonyl (C=O) groups is 1. The molecule has 4 heteroatoms. The van der Waals surface area contributed by atoms with Crippen LogP contribution >= 0.6 is 0 Å². The maximum atomic E-state index is 11.2. The molecule has 1 aromatic rings. The van der Waals surface area contributed by atoms with E-state index in [9.17, 15) is 4.79 Å². The molecule has 0 aliphatic carbocycles. The SMILES string of the molecule is CC(C)(C)OC(=O)NCC=Cc1ccco1. The Balaban J connectivity index is 2.23. The third-order valence-corrected chi connectivity index (χ3v) is 1.59. The molecule has 4 nitrogen and oxygen atoms in total. The Labute approximate surface area is 95.3 Å². The fourth-order valence-electron chi connectivity index (χ4n) is 1.02. The fraction of sp³-hybridized carbons (Fsp3) is 0.417. The Bertz CT molecular complexity index is 347. The van der Waals surface area contributed by atoms with Crippen LogP contribution in [0.1, 0.15) is 26.5 Å². The van der Waals surface area contributed by atoms with Crippen molar-refractivity contribution < 1.29 is 13.9 Å². The summed E-state index contributed by atoms with van der Waals surface area (Å²) in [6, 6.07) is 3.64. The molecule has 1 heterocycles. The lowest BCUT2D eigenvalue weighted by Gasteiger charge is -2.19. The minimum atomic E-state index is -0.463. The van der Waals surface area contributed by atoms with E-state index in [1.807, 2.05) is 26.8 Å². The van der Waals surface area contributed by atoms with Crippen molar-refractivity contribution in [2.24, 2.45) is 0 Å². The number of alkyl carbamates (subject to hydrolysis) is 1. The van der Waals surface area contributed by atoms with Crippen molar-refractivity contribution in [2.45, 2.75) is 26.4 Å². The van der Waals surface area contributed by atoms with Gasteiger partial charge in [0.15, 0.2) is 0 Å². The Hall–Kier alpha value is -1.71. The van der Waals surface area contributed by atoms with Gasteiger partial charge in [0, 0.05) is 6.54 Å². The standard InChI is InChI=1S/C12H17NO3/c1-12(2,3)16-11(14)13-8-4-6-10-7-5-9-15-10/h4-7,9H,8H2,1-3H3,(H,13,14). The summed E-state index contributed by atoms with van der Waals surface area (Å²) in [5.74, 6) is 0.756. The van der Waals surface area contributed by atoms with Gasteiger partial charge in [0.25, 0.3) is 0 Å². The second kappa shape index (κ2) is 5.39. The molecule has 0 spiro atoms. The van der Waals surface area contributed by atoms with E-state index in [0.717, 1.165) is 5.76 Å². The molecule has 0 radical (unpaired) electrons. The summed E-state index contributed by atoms with van der Waals surface area (Å²) in [4.78, 5) is 11.2. The first kappa shape index (κ1) is 12.4. The lowest BCUT2D eigenvalue weighted by Crippen LogP contribution is -2.32. The molecule has 1 N–H and O–H groups in total. The minimum absolute atomic E-state index is 0.412. The molecule has 0 unspecified atom stereocenters. The van der Waals surface area contributed by atoms with Crippen LogP contribution in [0.2, 0.25) is 0 Å². The van der Waals surface area contributed by atoms with Crippen molar-refractivity contribution in [3.63, 3.8) is 0 Å². The van der Waals surface area contributed by atoms with Crippen molar-refractivity contribution in [3.8, 4) is 0 Å². The van der Waals surface area contributed by atoms with Crippen molar-refractivity contribution in [1.29, 1.82) is 0 Å². The molecule has 0 aromatic carbocycles. The lowest BCUT2D eigenvalue weighted by molar-refractivity contribution is 0.0534. The number of nitrogens with one attached hydrogen (secondary N) is 1. The second-order valence-corrected chi connectivity index (χ2v) is 4.30. The summed E-state index contributed by atoms with van der Waals surface area (Å²) >= 11 is 0.